The fourth-order valence-electron chi connectivity index (χ4n) is 1.53. The van der Waals surface area contributed by atoms with Gasteiger partial charge in [-0.25, -0.2) is 0 Å². The Bertz CT molecular complexity index is 268. The van der Waals surface area contributed by atoms with Gasteiger partial charge in [-0.15, -0.1) is 0 Å². The van der Waals surface area contributed by atoms with E-state index in [1.807, 2.05) is 0 Å². The Hall–Kier alpha value is -1.10. The predicted octanol–water partition coefficient (Wildman–Crippen LogP) is 0.763. The van der Waals surface area contributed by atoms with Crippen LogP contribution in [-0.2, 0) is 11.2 Å². The molecule has 0 amide bonds. The van der Waals surface area contributed by atoms with Crippen molar-refractivity contribution in [2.75, 3.05) is 12.3 Å². The zero-order valence-corrected chi connectivity index (χ0v) is 7.40. The fraction of sp³-hybridized carbons (Fsp3) is 0.750. The lowest BCUT2D eigenvalue weighted by atomic mass is 10.1. The lowest BCUT2D eigenvalue weighted by Crippen LogP contribution is -2.06. The summed E-state index contributed by atoms with van der Waals surface area (Å²) in [5.41, 5.74) is 5.32. The van der Waals surface area contributed by atoms with Crippen LogP contribution in [0.1, 0.15) is 25.2 Å². The second kappa shape index (κ2) is 3.74. The predicted molar refractivity (Wildman–Crippen MR) is 46.0 cm³/mol. The van der Waals surface area contributed by atoms with Crippen LogP contribution in [0.25, 0.3) is 0 Å². The Balaban J connectivity index is 1.78. The molecule has 13 heavy (non-hydrogen) atoms. The minimum absolute atomic E-state index is 0.211. The van der Waals surface area contributed by atoms with Crippen molar-refractivity contribution in [3.63, 3.8) is 0 Å². The van der Waals surface area contributed by atoms with Crippen molar-refractivity contribution in [3.05, 3.63) is 5.89 Å². The quantitative estimate of drug-likeness (QED) is 0.748. The number of nitrogens with zero attached hydrogens (tertiary/aromatic N) is 2. The smallest absolute Gasteiger partial charge is 0.260 e. The van der Waals surface area contributed by atoms with Crippen molar-refractivity contribution >= 4 is 5.95 Å². The molecule has 0 aliphatic carbocycles. The third-order valence-corrected chi connectivity index (χ3v) is 2.19. The average Bonchev–Trinajstić information content (AvgIpc) is 2.71. The lowest BCUT2D eigenvalue weighted by molar-refractivity contribution is 0.102. The molecule has 0 radical (unpaired) electrons. The van der Waals surface area contributed by atoms with Crippen LogP contribution in [0.2, 0.25) is 0 Å². The minimum Gasteiger partial charge on any atom is -0.378 e. The van der Waals surface area contributed by atoms with Crippen LogP contribution in [-0.4, -0.2) is 22.9 Å². The van der Waals surface area contributed by atoms with E-state index in [-0.39, 0.29) is 5.95 Å². The Morgan fingerprint density at radius 1 is 1.54 bits per heavy atom. The van der Waals surface area contributed by atoms with Crippen molar-refractivity contribution in [1.29, 1.82) is 0 Å². The van der Waals surface area contributed by atoms with Gasteiger partial charge >= 0.3 is 0 Å². The monoisotopic (exact) mass is 183 g/mol. The van der Waals surface area contributed by atoms with E-state index in [0.717, 1.165) is 32.3 Å². The molecule has 1 aromatic rings. The maximum absolute atomic E-state index is 5.46. The highest BCUT2D eigenvalue weighted by atomic mass is 16.5. The molecule has 1 fully saturated rings. The van der Waals surface area contributed by atoms with Gasteiger partial charge in [-0.3, -0.25) is 0 Å². The van der Waals surface area contributed by atoms with E-state index in [1.165, 1.54) is 0 Å². The van der Waals surface area contributed by atoms with Crippen LogP contribution < -0.4 is 5.73 Å². The largest absolute Gasteiger partial charge is 0.378 e. The Morgan fingerprint density at radius 3 is 3.08 bits per heavy atom. The van der Waals surface area contributed by atoms with Crippen LogP contribution in [0, 0.1) is 0 Å². The first-order valence-electron chi connectivity index (χ1n) is 4.54. The summed E-state index contributed by atoms with van der Waals surface area (Å²) < 4.78 is 10.3. The van der Waals surface area contributed by atoms with Gasteiger partial charge in [0.25, 0.3) is 5.95 Å². The molecule has 2 rings (SSSR count). The van der Waals surface area contributed by atoms with Crippen LogP contribution >= 0.6 is 0 Å². The molecule has 72 valence electrons. The third kappa shape index (κ3) is 2.18. The van der Waals surface area contributed by atoms with Gasteiger partial charge < -0.3 is 15.0 Å². The molecule has 5 heteroatoms. The number of rotatable bonds is 3. The van der Waals surface area contributed by atoms with Crippen LogP contribution in [0.3, 0.4) is 0 Å². The SMILES string of the molecule is Nc1noc(CCC2CCCO2)n1. The highest BCUT2D eigenvalue weighted by molar-refractivity contribution is 5.10. The van der Waals surface area contributed by atoms with Gasteiger partial charge in [0.2, 0.25) is 5.89 Å². The van der Waals surface area contributed by atoms with Crippen LogP contribution in [0.15, 0.2) is 4.52 Å². The first-order valence-corrected chi connectivity index (χ1v) is 4.54. The molecule has 0 bridgehead atoms. The number of aromatic nitrogens is 2. The number of anilines is 1. The number of hydrogen-bond acceptors (Lipinski definition) is 5. The number of nitrogens with two attached hydrogens (primary N) is 1. The normalized spacial score (nSPS) is 22.3. The second-order valence-corrected chi connectivity index (χ2v) is 3.22. The molecule has 1 unspecified atom stereocenters. The van der Waals surface area contributed by atoms with E-state index >= 15 is 0 Å². The highest BCUT2D eigenvalue weighted by Gasteiger charge is 2.16. The maximum atomic E-state index is 5.46. The Labute approximate surface area is 76.3 Å². The summed E-state index contributed by atoms with van der Waals surface area (Å²) in [6, 6.07) is 0. The molecule has 2 heterocycles. The van der Waals surface area contributed by atoms with Gasteiger partial charge in [0.1, 0.15) is 0 Å². The van der Waals surface area contributed by atoms with Crippen LogP contribution in [0.4, 0.5) is 5.95 Å². The van der Waals surface area contributed by atoms with E-state index in [4.69, 9.17) is 15.0 Å². The number of hydrogen-bond donors (Lipinski definition) is 1. The Morgan fingerprint density at radius 2 is 2.46 bits per heavy atom. The molecule has 5 nitrogen and oxygen atoms in total. The van der Waals surface area contributed by atoms with Crippen molar-refractivity contribution in [3.8, 4) is 0 Å². The third-order valence-electron chi connectivity index (χ3n) is 2.19. The molecule has 1 aromatic heterocycles. The van der Waals surface area contributed by atoms with Crippen molar-refractivity contribution in [2.45, 2.75) is 31.8 Å². The van der Waals surface area contributed by atoms with E-state index in [0.29, 0.717) is 12.0 Å². The molecule has 1 atom stereocenters. The summed E-state index contributed by atoms with van der Waals surface area (Å²) in [4.78, 5) is 3.92. The molecule has 1 aliphatic rings. The van der Waals surface area contributed by atoms with Crippen molar-refractivity contribution < 1.29 is 9.26 Å². The zero-order chi connectivity index (χ0) is 9.10. The van der Waals surface area contributed by atoms with E-state index < -0.39 is 0 Å². The molecule has 1 aliphatic heterocycles. The molecule has 2 N–H and O–H groups in total. The summed E-state index contributed by atoms with van der Waals surface area (Å²) in [5, 5.41) is 3.51. The minimum atomic E-state index is 0.211. The summed E-state index contributed by atoms with van der Waals surface area (Å²) in [7, 11) is 0. The molecule has 0 saturated carbocycles. The number of ether oxygens (including phenoxy) is 1. The summed E-state index contributed by atoms with van der Waals surface area (Å²) in [6.45, 7) is 0.886. The van der Waals surface area contributed by atoms with Gasteiger partial charge in [0.05, 0.1) is 6.10 Å². The topological polar surface area (TPSA) is 74.2 Å². The Kier molecular flexibility index (Phi) is 2.44. The van der Waals surface area contributed by atoms with Gasteiger partial charge in [-0.1, -0.05) is 0 Å². The van der Waals surface area contributed by atoms with Gasteiger partial charge in [-0.05, 0) is 24.4 Å². The maximum Gasteiger partial charge on any atom is 0.260 e. The summed E-state index contributed by atoms with van der Waals surface area (Å²) in [6.07, 6.45) is 4.38. The van der Waals surface area contributed by atoms with Gasteiger partial charge in [0, 0.05) is 13.0 Å². The standard InChI is InChI=1S/C8H13N3O2/c9-8-10-7(13-11-8)4-3-6-2-1-5-12-6/h6H,1-5H2,(H2,9,11). The first-order chi connectivity index (χ1) is 6.34. The lowest BCUT2D eigenvalue weighted by Gasteiger charge is -2.05. The van der Waals surface area contributed by atoms with Crippen molar-refractivity contribution in [2.24, 2.45) is 0 Å². The van der Waals surface area contributed by atoms with Crippen LogP contribution in [0.5, 0.6) is 0 Å². The average molecular weight is 183 g/mol. The summed E-state index contributed by atoms with van der Waals surface area (Å²) >= 11 is 0. The second-order valence-electron chi connectivity index (χ2n) is 3.22. The first kappa shape index (κ1) is 8.50. The van der Waals surface area contributed by atoms with Gasteiger partial charge in [-0.2, -0.15) is 4.98 Å². The summed E-state index contributed by atoms with van der Waals surface area (Å²) in [5.74, 6) is 0.815. The molecular formula is C8H13N3O2. The van der Waals surface area contributed by atoms with Crippen molar-refractivity contribution in [1.82, 2.24) is 10.1 Å². The fourth-order valence-corrected chi connectivity index (χ4v) is 1.53. The van der Waals surface area contributed by atoms with E-state index in [2.05, 4.69) is 10.1 Å². The number of nitrogen functional groups attached to an aromatic ring is 1. The van der Waals surface area contributed by atoms with E-state index in [9.17, 15) is 0 Å². The highest BCUT2D eigenvalue weighted by Crippen LogP contribution is 2.17. The molecule has 0 aromatic carbocycles. The molecular weight excluding hydrogens is 170 g/mol. The van der Waals surface area contributed by atoms with E-state index in [1.54, 1.807) is 0 Å². The van der Waals surface area contributed by atoms with Gasteiger partial charge in [0.15, 0.2) is 0 Å². The molecule has 0 spiro atoms. The zero-order valence-electron chi connectivity index (χ0n) is 7.40. The molecule has 1 saturated heterocycles. The number of aryl methyl sites for hydroxylation is 1.